The fourth-order valence-corrected chi connectivity index (χ4v) is 4.51. The Balaban J connectivity index is 1.56. The van der Waals surface area contributed by atoms with Gasteiger partial charge in [0, 0.05) is 16.6 Å². The van der Waals surface area contributed by atoms with Crippen molar-refractivity contribution in [1.29, 1.82) is 0 Å². The van der Waals surface area contributed by atoms with Crippen LogP contribution in [0.4, 0.5) is 4.79 Å². The Morgan fingerprint density at radius 3 is 2.70 bits per heavy atom. The van der Waals surface area contributed by atoms with Crippen LogP contribution in [0.15, 0.2) is 42.5 Å². The largest absolute Gasteiger partial charge is 0.462 e. The van der Waals surface area contributed by atoms with Crippen LogP contribution in [0.1, 0.15) is 45.6 Å². The monoisotopic (exact) mass is 489 g/mol. The number of halogens is 2. The lowest BCUT2D eigenvalue weighted by Gasteiger charge is -2.36. The van der Waals surface area contributed by atoms with Crippen molar-refractivity contribution in [2.24, 2.45) is 0 Å². The topological polar surface area (TPSA) is 56.6 Å². The van der Waals surface area contributed by atoms with E-state index < -0.39 is 5.60 Å². The Morgan fingerprint density at radius 2 is 1.94 bits per heavy atom. The molecule has 1 atom stereocenters. The van der Waals surface area contributed by atoms with Crippen molar-refractivity contribution in [2.45, 2.75) is 58.2 Å². The van der Waals surface area contributed by atoms with Crippen molar-refractivity contribution in [2.75, 3.05) is 13.2 Å². The summed E-state index contributed by atoms with van der Waals surface area (Å²) in [4.78, 5) is 19.2. The fraction of sp³-hybridized carbons (Fsp3) is 0.440. The number of ether oxygens (including phenoxy) is 2. The summed E-state index contributed by atoms with van der Waals surface area (Å²) in [7, 11) is 0. The van der Waals surface area contributed by atoms with E-state index in [1.807, 2.05) is 61.7 Å². The molecule has 4 rings (SSSR count). The molecule has 1 saturated heterocycles. The Bertz CT molecular complexity index is 1140. The van der Waals surface area contributed by atoms with E-state index in [1.165, 1.54) is 0 Å². The number of likely N-dealkylation sites (tertiary alicyclic amines) is 1. The van der Waals surface area contributed by atoms with Gasteiger partial charge in [0.2, 0.25) is 0 Å². The third-order valence-corrected chi connectivity index (χ3v) is 6.21. The van der Waals surface area contributed by atoms with Gasteiger partial charge in [-0.2, -0.15) is 4.98 Å². The maximum atomic E-state index is 12.8. The molecule has 33 heavy (non-hydrogen) atoms. The first kappa shape index (κ1) is 23.7. The molecule has 0 radical (unpaired) electrons. The molecule has 0 saturated carbocycles. The summed E-state index contributed by atoms with van der Waals surface area (Å²) in [5, 5.41) is 1.19. The number of hydrogen-bond donors (Lipinski definition) is 0. The highest BCUT2D eigenvalue weighted by molar-refractivity contribution is 6.35. The molecule has 1 unspecified atom stereocenters. The van der Waals surface area contributed by atoms with Gasteiger partial charge in [-0.05, 0) is 69.9 Å². The Labute approximate surface area is 204 Å². The van der Waals surface area contributed by atoms with E-state index in [-0.39, 0.29) is 12.1 Å². The number of carbonyl (C=O) groups excluding carboxylic acids is 1. The van der Waals surface area contributed by atoms with E-state index in [4.69, 9.17) is 37.7 Å². The molecule has 0 N–H and O–H groups in total. The quantitative estimate of drug-likeness (QED) is 0.407. The number of rotatable bonds is 5. The number of para-hydroxylation sites is 2. The minimum Gasteiger partial charge on any atom is -0.462 e. The third kappa shape index (κ3) is 5.74. The summed E-state index contributed by atoms with van der Waals surface area (Å²) in [5.41, 5.74) is 2.17. The number of carbonyl (C=O) groups is 1. The normalized spacial score (nSPS) is 16.8. The molecular weight excluding hydrogens is 461 g/mol. The van der Waals surface area contributed by atoms with Crippen LogP contribution >= 0.6 is 23.2 Å². The molecule has 1 amide bonds. The van der Waals surface area contributed by atoms with Crippen LogP contribution in [0, 0.1) is 0 Å². The summed E-state index contributed by atoms with van der Waals surface area (Å²) in [5.74, 6) is 0. The zero-order chi connectivity index (χ0) is 23.6. The van der Waals surface area contributed by atoms with Crippen LogP contribution in [-0.4, -0.2) is 45.3 Å². The van der Waals surface area contributed by atoms with Crippen LogP contribution in [-0.2, 0) is 11.3 Å². The van der Waals surface area contributed by atoms with E-state index >= 15 is 0 Å². The molecule has 2 aromatic carbocycles. The Morgan fingerprint density at radius 1 is 1.15 bits per heavy atom. The smallest absolute Gasteiger partial charge is 0.410 e. The zero-order valence-electron chi connectivity index (χ0n) is 19.2. The number of aromatic nitrogens is 2. The van der Waals surface area contributed by atoms with E-state index in [0.29, 0.717) is 35.8 Å². The maximum absolute atomic E-state index is 12.8. The number of fused-ring (bicyclic) bond motifs is 1. The van der Waals surface area contributed by atoms with Crippen LogP contribution in [0.3, 0.4) is 0 Å². The molecular formula is C25H29Cl2N3O3. The number of amides is 1. The number of piperidine rings is 1. The molecule has 0 bridgehead atoms. The van der Waals surface area contributed by atoms with Gasteiger partial charge in [-0.15, -0.1) is 0 Å². The second-order valence-electron chi connectivity index (χ2n) is 9.34. The SMILES string of the molecule is CC(C)(C)OC(=O)N1CCCCC1COc1nc2ccccc2n1Cc1ccc(Cl)cc1Cl. The summed E-state index contributed by atoms with van der Waals surface area (Å²) in [6.45, 7) is 7.14. The van der Waals surface area contributed by atoms with Gasteiger partial charge in [0.1, 0.15) is 12.2 Å². The standard InChI is InChI=1S/C25H29Cl2N3O3/c1-25(2,3)33-24(31)29-13-7-6-8-19(29)16-32-23-28-21-9-4-5-10-22(21)30(23)15-17-11-12-18(26)14-20(17)27/h4-5,9-12,14,19H,6-8,13,15-16H2,1-3H3. The van der Waals surface area contributed by atoms with Crippen molar-refractivity contribution in [1.82, 2.24) is 14.5 Å². The van der Waals surface area contributed by atoms with Crippen molar-refractivity contribution in [3.63, 3.8) is 0 Å². The van der Waals surface area contributed by atoms with Crippen LogP contribution in [0.2, 0.25) is 10.0 Å². The predicted octanol–water partition coefficient (Wildman–Crippen LogP) is 6.56. The number of nitrogens with zero attached hydrogens (tertiary/aromatic N) is 3. The minimum atomic E-state index is -0.536. The molecule has 2 heterocycles. The van der Waals surface area contributed by atoms with Crippen molar-refractivity contribution in [3.8, 4) is 6.01 Å². The van der Waals surface area contributed by atoms with E-state index in [1.54, 1.807) is 11.0 Å². The van der Waals surface area contributed by atoms with E-state index in [9.17, 15) is 4.79 Å². The lowest BCUT2D eigenvalue weighted by atomic mass is 10.0. The molecule has 8 heteroatoms. The molecule has 0 spiro atoms. The third-order valence-electron chi connectivity index (χ3n) is 5.62. The summed E-state index contributed by atoms with van der Waals surface area (Å²) >= 11 is 12.5. The maximum Gasteiger partial charge on any atom is 0.410 e. The molecule has 1 aliphatic heterocycles. The van der Waals surface area contributed by atoms with Gasteiger partial charge in [0.15, 0.2) is 0 Å². The van der Waals surface area contributed by atoms with E-state index in [0.717, 1.165) is 35.9 Å². The van der Waals surface area contributed by atoms with Crippen molar-refractivity contribution in [3.05, 3.63) is 58.1 Å². The van der Waals surface area contributed by atoms with Crippen LogP contribution < -0.4 is 4.74 Å². The van der Waals surface area contributed by atoms with Gasteiger partial charge in [0.05, 0.1) is 23.6 Å². The average molecular weight is 490 g/mol. The second kappa shape index (κ2) is 9.82. The molecule has 176 valence electrons. The number of imidazole rings is 1. The zero-order valence-corrected chi connectivity index (χ0v) is 20.7. The Kier molecular flexibility index (Phi) is 7.05. The van der Waals surface area contributed by atoms with Gasteiger partial charge in [-0.1, -0.05) is 41.4 Å². The molecule has 1 fully saturated rings. The average Bonchev–Trinajstić information content (AvgIpc) is 3.10. The van der Waals surface area contributed by atoms with E-state index in [2.05, 4.69) is 0 Å². The fourth-order valence-electron chi connectivity index (χ4n) is 4.04. The molecule has 1 aliphatic rings. The lowest BCUT2D eigenvalue weighted by Crippen LogP contribution is -2.48. The van der Waals surface area contributed by atoms with Gasteiger partial charge < -0.3 is 14.4 Å². The first-order chi connectivity index (χ1) is 15.7. The highest BCUT2D eigenvalue weighted by atomic mass is 35.5. The summed E-state index contributed by atoms with van der Waals surface area (Å²) in [6.07, 6.45) is 2.58. The molecule has 3 aromatic rings. The van der Waals surface area contributed by atoms with Crippen molar-refractivity contribution >= 4 is 40.3 Å². The first-order valence-corrected chi connectivity index (χ1v) is 12.0. The summed E-state index contributed by atoms with van der Waals surface area (Å²) in [6, 6.07) is 13.8. The highest BCUT2D eigenvalue weighted by Gasteiger charge is 2.31. The minimum absolute atomic E-state index is 0.0685. The van der Waals surface area contributed by atoms with Gasteiger partial charge in [-0.25, -0.2) is 4.79 Å². The first-order valence-electron chi connectivity index (χ1n) is 11.2. The number of benzene rings is 2. The van der Waals surface area contributed by atoms with Gasteiger partial charge in [0.25, 0.3) is 6.01 Å². The van der Waals surface area contributed by atoms with Gasteiger partial charge in [-0.3, -0.25) is 4.57 Å². The van der Waals surface area contributed by atoms with Crippen molar-refractivity contribution < 1.29 is 14.3 Å². The predicted molar refractivity (Wildman–Crippen MR) is 131 cm³/mol. The molecule has 6 nitrogen and oxygen atoms in total. The molecule has 0 aliphatic carbocycles. The lowest BCUT2D eigenvalue weighted by molar-refractivity contribution is 0.00290. The number of hydrogen-bond acceptors (Lipinski definition) is 4. The Hall–Kier alpha value is -2.44. The van der Waals surface area contributed by atoms with Crippen LogP contribution in [0.5, 0.6) is 6.01 Å². The summed E-state index contributed by atoms with van der Waals surface area (Å²) < 4.78 is 13.9. The highest BCUT2D eigenvalue weighted by Crippen LogP contribution is 2.28. The second-order valence-corrected chi connectivity index (χ2v) is 10.2. The molecule has 1 aromatic heterocycles. The van der Waals surface area contributed by atoms with Gasteiger partial charge >= 0.3 is 6.09 Å². The van der Waals surface area contributed by atoms with Crippen LogP contribution in [0.25, 0.3) is 11.0 Å².